The van der Waals surface area contributed by atoms with Crippen molar-refractivity contribution >= 4 is 0 Å². The molecule has 0 bridgehead atoms. The maximum Gasteiger partial charge on any atom is 0.0234 e. The molecule has 1 N–H and O–H groups in total. The Bertz CT molecular complexity index is 365. The van der Waals surface area contributed by atoms with Gasteiger partial charge in [-0.05, 0) is 25.1 Å². The van der Waals surface area contributed by atoms with Crippen LogP contribution in [-0.2, 0) is 6.54 Å². The van der Waals surface area contributed by atoms with E-state index in [1.54, 1.807) is 0 Å². The number of hydrogen-bond donors (Lipinski definition) is 1. The summed E-state index contributed by atoms with van der Waals surface area (Å²) >= 11 is 0. The van der Waals surface area contributed by atoms with Crippen LogP contribution in [0, 0.1) is 6.92 Å². The number of hydrogen-bond acceptors (Lipinski definition) is 2. The van der Waals surface area contributed by atoms with E-state index in [2.05, 4.69) is 68.9 Å². The van der Waals surface area contributed by atoms with Crippen LogP contribution in [0.4, 0.5) is 0 Å². The fourth-order valence-electron chi connectivity index (χ4n) is 1.85. The van der Waals surface area contributed by atoms with Crippen molar-refractivity contribution in [2.24, 2.45) is 0 Å². The summed E-state index contributed by atoms with van der Waals surface area (Å²) < 4.78 is 0. The highest BCUT2D eigenvalue weighted by Crippen LogP contribution is 2.06. The number of rotatable bonds is 7. The normalized spacial score (nSPS) is 11.2. The predicted molar refractivity (Wildman–Crippen MR) is 79.8 cm³/mol. The van der Waals surface area contributed by atoms with Crippen LogP contribution < -0.4 is 5.32 Å². The predicted octanol–water partition coefficient (Wildman–Crippen LogP) is 2.98. The minimum atomic E-state index is 0.518. The summed E-state index contributed by atoms with van der Waals surface area (Å²) in [6.45, 7) is 13.4. The van der Waals surface area contributed by atoms with E-state index in [4.69, 9.17) is 0 Å². The molecule has 2 heteroatoms. The lowest BCUT2D eigenvalue weighted by molar-refractivity contribution is 0.351. The molecular formula is C16H26N2. The van der Waals surface area contributed by atoms with Crippen LogP contribution in [0.5, 0.6) is 0 Å². The standard InChI is InChI=1S/C16H26N2/c1-13(2)17-10-15(4)11-18(5)12-16-8-6-14(3)7-9-16/h6-9,13,17H,4,10-12H2,1-3,5H3. The number of likely N-dealkylation sites (N-methyl/N-ethyl adjacent to an activating group) is 1. The molecule has 0 saturated carbocycles. The molecule has 0 amide bonds. The second-order valence-corrected chi connectivity index (χ2v) is 5.44. The van der Waals surface area contributed by atoms with Crippen LogP contribution in [-0.4, -0.2) is 31.1 Å². The van der Waals surface area contributed by atoms with E-state index >= 15 is 0 Å². The van der Waals surface area contributed by atoms with Gasteiger partial charge >= 0.3 is 0 Å². The minimum Gasteiger partial charge on any atom is -0.311 e. The zero-order chi connectivity index (χ0) is 13.5. The Morgan fingerprint density at radius 2 is 1.89 bits per heavy atom. The lowest BCUT2D eigenvalue weighted by atomic mass is 10.1. The van der Waals surface area contributed by atoms with E-state index in [1.165, 1.54) is 16.7 Å². The zero-order valence-corrected chi connectivity index (χ0v) is 12.2. The van der Waals surface area contributed by atoms with Crippen LogP contribution in [0.25, 0.3) is 0 Å². The van der Waals surface area contributed by atoms with Gasteiger partial charge in [0.2, 0.25) is 0 Å². The lowest BCUT2D eigenvalue weighted by Crippen LogP contribution is -2.29. The van der Waals surface area contributed by atoms with Gasteiger partial charge in [-0.1, -0.05) is 50.3 Å². The molecular weight excluding hydrogens is 220 g/mol. The molecule has 0 atom stereocenters. The second kappa shape index (κ2) is 7.34. The molecule has 0 saturated heterocycles. The average molecular weight is 246 g/mol. The summed E-state index contributed by atoms with van der Waals surface area (Å²) in [5.74, 6) is 0. The van der Waals surface area contributed by atoms with Gasteiger partial charge in [-0.25, -0.2) is 0 Å². The van der Waals surface area contributed by atoms with Crippen LogP contribution in [0.3, 0.4) is 0 Å². The van der Waals surface area contributed by atoms with Crippen molar-refractivity contribution in [1.29, 1.82) is 0 Å². The Balaban J connectivity index is 2.34. The van der Waals surface area contributed by atoms with E-state index in [0.717, 1.165) is 19.6 Å². The van der Waals surface area contributed by atoms with Crippen LogP contribution in [0.15, 0.2) is 36.4 Å². The molecule has 0 spiro atoms. The monoisotopic (exact) mass is 246 g/mol. The van der Waals surface area contributed by atoms with Gasteiger partial charge in [-0.3, -0.25) is 4.90 Å². The molecule has 0 unspecified atom stereocenters. The fourth-order valence-corrected chi connectivity index (χ4v) is 1.85. The summed E-state index contributed by atoms with van der Waals surface area (Å²) in [4.78, 5) is 2.30. The summed E-state index contributed by atoms with van der Waals surface area (Å²) in [6.07, 6.45) is 0. The van der Waals surface area contributed by atoms with E-state index in [1.807, 2.05) is 0 Å². The molecule has 1 rings (SSSR count). The summed E-state index contributed by atoms with van der Waals surface area (Å²) in [5.41, 5.74) is 3.90. The van der Waals surface area contributed by atoms with Gasteiger partial charge in [0.15, 0.2) is 0 Å². The first-order valence-electron chi connectivity index (χ1n) is 6.61. The van der Waals surface area contributed by atoms with Crippen molar-refractivity contribution in [2.45, 2.75) is 33.4 Å². The molecule has 2 nitrogen and oxygen atoms in total. The highest BCUT2D eigenvalue weighted by molar-refractivity contribution is 5.21. The molecule has 1 aromatic carbocycles. The van der Waals surface area contributed by atoms with Gasteiger partial charge in [-0.2, -0.15) is 0 Å². The SMILES string of the molecule is C=C(CNC(C)C)CN(C)Cc1ccc(C)cc1. The number of nitrogens with zero attached hydrogens (tertiary/aromatic N) is 1. The topological polar surface area (TPSA) is 15.3 Å². The average Bonchev–Trinajstić information content (AvgIpc) is 2.29. The van der Waals surface area contributed by atoms with E-state index in [0.29, 0.717) is 6.04 Å². The second-order valence-electron chi connectivity index (χ2n) is 5.44. The molecule has 0 aliphatic rings. The van der Waals surface area contributed by atoms with Crippen molar-refractivity contribution in [3.8, 4) is 0 Å². The Morgan fingerprint density at radius 3 is 2.44 bits per heavy atom. The Labute approximate surface area is 112 Å². The maximum atomic E-state index is 4.12. The quantitative estimate of drug-likeness (QED) is 0.744. The summed E-state index contributed by atoms with van der Waals surface area (Å²) in [5, 5.41) is 3.40. The van der Waals surface area contributed by atoms with Crippen molar-refractivity contribution in [2.75, 3.05) is 20.1 Å². The third-order valence-electron chi connectivity index (χ3n) is 2.83. The summed E-state index contributed by atoms with van der Waals surface area (Å²) in [7, 11) is 2.14. The summed E-state index contributed by atoms with van der Waals surface area (Å²) in [6, 6.07) is 9.24. The Hall–Kier alpha value is -1.12. The molecule has 0 aliphatic heterocycles. The highest BCUT2D eigenvalue weighted by Gasteiger charge is 2.03. The molecule has 0 heterocycles. The highest BCUT2D eigenvalue weighted by atomic mass is 15.1. The van der Waals surface area contributed by atoms with Crippen molar-refractivity contribution < 1.29 is 0 Å². The lowest BCUT2D eigenvalue weighted by Gasteiger charge is -2.19. The molecule has 0 aliphatic carbocycles. The first kappa shape index (κ1) is 14.9. The van der Waals surface area contributed by atoms with Crippen LogP contribution >= 0.6 is 0 Å². The Morgan fingerprint density at radius 1 is 1.28 bits per heavy atom. The third kappa shape index (κ3) is 5.99. The minimum absolute atomic E-state index is 0.518. The molecule has 0 radical (unpaired) electrons. The molecule has 100 valence electrons. The fraction of sp³-hybridized carbons (Fsp3) is 0.500. The van der Waals surface area contributed by atoms with Crippen molar-refractivity contribution in [3.05, 3.63) is 47.5 Å². The van der Waals surface area contributed by atoms with E-state index in [9.17, 15) is 0 Å². The van der Waals surface area contributed by atoms with Crippen molar-refractivity contribution in [3.63, 3.8) is 0 Å². The van der Waals surface area contributed by atoms with Crippen LogP contribution in [0.1, 0.15) is 25.0 Å². The van der Waals surface area contributed by atoms with Gasteiger partial charge < -0.3 is 5.32 Å². The van der Waals surface area contributed by atoms with Gasteiger partial charge in [0.05, 0.1) is 0 Å². The van der Waals surface area contributed by atoms with Crippen LogP contribution in [0.2, 0.25) is 0 Å². The number of benzene rings is 1. The zero-order valence-electron chi connectivity index (χ0n) is 12.2. The Kier molecular flexibility index (Phi) is 6.10. The van der Waals surface area contributed by atoms with Gasteiger partial charge in [0, 0.05) is 25.7 Å². The number of nitrogens with one attached hydrogen (secondary N) is 1. The largest absolute Gasteiger partial charge is 0.311 e. The van der Waals surface area contributed by atoms with E-state index < -0.39 is 0 Å². The first-order chi connectivity index (χ1) is 8.47. The van der Waals surface area contributed by atoms with Gasteiger partial charge in [0.25, 0.3) is 0 Å². The molecule has 1 aromatic rings. The maximum absolute atomic E-state index is 4.12. The first-order valence-corrected chi connectivity index (χ1v) is 6.61. The molecule has 0 fully saturated rings. The smallest absolute Gasteiger partial charge is 0.0234 e. The molecule has 0 aromatic heterocycles. The van der Waals surface area contributed by atoms with Crippen molar-refractivity contribution in [1.82, 2.24) is 10.2 Å². The molecule has 18 heavy (non-hydrogen) atoms. The van der Waals surface area contributed by atoms with E-state index in [-0.39, 0.29) is 0 Å². The third-order valence-corrected chi connectivity index (χ3v) is 2.83. The van der Waals surface area contributed by atoms with Gasteiger partial charge in [0.1, 0.15) is 0 Å². The number of aryl methyl sites for hydroxylation is 1. The van der Waals surface area contributed by atoms with Gasteiger partial charge in [-0.15, -0.1) is 0 Å².